The first-order chi connectivity index (χ1) is 15.3. The van der Waals surface area contributed by atoms with Crippen LogP contribution in [-0.4, -0.2) is 37.8 Å². The number of unbranched alkanes of at least 4 members (excludes halogenated alkanes) is 2. The van der Waals surface area contributed by atoms with Gasteiger partial charge in [-0.1, -0.05) is 46.5 Å². The Morgan fingerprint density at radius 2 is 1.78 bits per heavy atom. The van der Waals surface area contributed by atoms with E-state index in [0.717, 1.165) is 44.9 Å². The van der Waals surface area contributed by atoms with Crippen molar-refractivity contribution in [1.82, 2.24) is 9.62 Å². The molecule has 3 rings (SSSR count). The van der Waals surface area contributed by atoms with Gasteiger partial charge in [0.25, 0.3) is 5.91 Å². The Hall–Kier alpha value is -1.86. The van der Waals surface area contributed by atoms with E-state index in [0.29, 0.717) is 35.5 Å². The summed E-state index contributed by atoms with van der Waals surface area (Å²) in [6.45, 7) is 9.17. The quantitative estimate of drug-likeness (QED) is 0.495. The van der Waals surface area contributed by atoms with Crippen LogP contribution in [0.1, 0.15) is 88.3 Å². The molecular formula is C25H38N2O4S. The number of sulfonamides is 1. The molecule has 7 heteroatoms. The number of carbonyl (C=O) groups excluding carboxylic acids is 1. The number of benzene rings is 1. The van der Waals surface area contributed by atoms with Gasteiger partial charge in [0.15, 0.2) is 5.76 Å². The first-order valence-corrected chi connectivity index (χ1v) is 13.6. The normalized spacial score (nSPS) is 19.5. The van der Waals surface area contributed by atoms with E-state index in [9.17, 15) is 13.2 Å². The van der Waals surface area contributed by atoms with Crippen LogP contribution in [0.3, 0.4) is 0 Å². The summed E-state index contributed by atoms with van der Waals surface area (Å²) in [5.74, 6) is 0.516. The number of furan rings is 1. The van der Waals surface area contributed by atoms with Crippen LogP contribution >= 0.6 is 0 Å². The maximum atomic E-state index is 13.4. The Morgan fingerprint density at radius 1 is 1.12 bits per heavy atom. The second-order valence-electron chi connectivity index (χ2n) is 9.17. The molecule has 1 aliphatic carbocycles. The van der Waals surface area contributed by atoms with Crippen molar-refractivity contribution in [2.45, 2.75) is 90.0 Å². The predicted molar refractivity (Wildman–Crippen MR) is 128 cm³/mol. The van der Waals surface area contributed by atoms with Crippen molar-refractivity contribution in [3.63, 3.8) is 0 Å². The zero-order chi connectivity index (χ0) is 23.3. The molecule has 0 radical (unpaired) electrons. The van der Waals surface area contributed by atoms with Crippen molar-refractivity contribution in [1.29, 1.82) is 0 Å². The topological polar surface area (TPSA) is 79.6 Å². The molecule has 1 aromatic heterocycles. The number of nitrogens with zero attached hydrogens (tertiary/aromatic N) is 1. The fourth-order valence-corrected chi connectivity index (χ4v) is 6.06. The molecule has 32 heavy (non-hydrogen) atoms. The molecule has 2 unspecified atom stereocenters. The van der Waals surface area contributed by atoms with Crippen LogP contribution in [-0.2, 0) is 10.0 Å². The smallest absolute Gasteiger partial charge is 0.287 e. The van der Waals surface area contributed by atoms with Crippen LogP contribution < -0.4 is 5.32 Å². The maximum absolute atomic E-state index is 13.4. The largest absolute Gasteiger partial charge is 0.451 e. The fraction of sp³-hybridized carbons (Fsp3) is 0.640. The highest BCUT2D eigenvalue weighted by atomic mass is 32.2. The van der Waals surface area contributed by atoms with Crippen LogP contribution in [0.15, 0.2) is 27.5 Å². The van der Waals surface area contributed by atoms with Crippen molar-refractivity contribution < 1.29 is 17.6 Å². The van der Waals surface area contributed by atoms with E-state index in [2.05, 4.69) is 26.1 Å². The number of hydrogen-bond acceptors (Lipinski definition) is 4. The van der Waals surface area contributed by atoms with Crippen LogP contribution in [0.4, 0.5) is 0 Å². The number of carbonyl (C=O) groups is 1. The lowest BCUT2D eigenvalue weighted by Gasteiger charge is -2.29. The minimum atomic E-state index is -3.60. The summed E-state index contributed by atoms with van der Waals surface area (Å²) in [6.07, 6.45) is 7.99. The molecule has 1 heterocycles. The van der Waals surface area contributed by atoms with Gasteiger partial charge in [0.2, 0.25) is 10.0 Å². The Balaban J connectivity index is 1.88. The molecule has 0 saturated heterocycles. The van der Waals surface area contributed by atoms with Gasteiger partial charge >= 0.3 is 0 Å². The molecule has 1 aromatic carbocycles. The standard InChI is InChI=1S/C25H38N2O4S/c1-5-7-15-27(16-8-6-2)32(29,30)20-13-14-23-21(17-20)19(4)24(31-23)25(28)26-22-12-10-9-11-18(22)3/h13-14,17-18,22H,5-12,15-16H2,1-4H3,(H,26,28). The zero-order valence-corrected chi connectivity index (χ0v) is 20.8. The van der Waals surface area contributed by atoms with Gasteiger partial charge in [-0.05, 0) is 56.7 Å². The first kappa shape index (κ1) is 24.8. The van der Waals surface area contributed by atoms with E-state index in [1.165, 1.54) is 6.42 Å². The number of nitrogens with one attached hydrogen (secondary N) is 1. The molecule has 1 N–H and O–H groups in total. The minimum Gasteiger partial charge on any atom is -0.451 e. The summed E-state index contributed by atoms with van der Waals surface area (Å²) in [5, 5.41) is 3.82. The van der Waals surface area contributed by atoms with Gasteiger partial charge in [0, 0.05) is 30.1 Å². The van der Waals surface area contributed by atoms with E-state index in [4.69, 9.17) is 4.42 Å². The third-order valence-electron chi connectivity index (χ3n) is 6.70. The van der Waals surface area contributed by atoms with Gasteiger partial charge in [0.1, 0.15) is 5.58 Å². The van der Waals surface area contributed by atoms with Crippen molar-refractivity contribution in [3.8, 4) is 0 Å². The van der Waals surface area contributed by atoms with Crippen LogP contribution in [0.2, 0.25) is 0 Å². The molecule has 6 nitrogen and oxygen atoms in total. The van der Waals surface area contributed by atoms with Crippen molar-refractivity contribution >= 4 is 26.9 Å². The molecule has 2 aromatic rings. The molecule has 1 saturated carbocycles. The van der Waals surface area contributed by atoms with Crippen LogP contribution in [0, 0.1) is 12.8 Å². The summed E-state index contributed by atoms with van der Waals surface area (Å²) in [5.41, 5.74) is 1.23. The lowest BCUT2D eigenvalue weighted by molar-refractivity contribution is 0.0883. The molecular weight excluding hydrogens is 424 g/mol. The molecule has 178 valence electrons. The molecule has 0 aliphatic heterocycles. The predicted octanol–water partition coefficient (Wildman–Crippen LogP) is 5.64. The molecule has 0 spiro atoms. The van der Waals surface area contributed by atoms with E-state index < -0.39 is 10.0 Å². The van der Waals surface area contributed by atoms with Gasteiger partial charge < -0.3 is 9.73 Å². The van der Waals surface area contributed by atoms with Crippen molar-refractivity contribution in [2.75, 3.05) is 13.1 Å². The van der Waals surface area contributed by atoms with Crippen molar-refractivity contribution in [3.05, 3.63) is 29.5 Å². The number of hydrogen-bond donors (Lipinski definition) is 1. The highest BCUT2D eigenvalue weighted by Crippen LogP contribution is 2.30. The van der Waals surface area contributed by atoms with E-state index in [-0.39, 0.29) is 22.6 Å². The summed E-state index contributed by atoms with van der Waals surface area (Å²) in [4.78, 5) is 13.2. The third kappa shape index (κ3) is 5.37. The monoisotopic (exact) mass is 462 g/mol. The van der Waals surface area contributed by atoms with E-state index >= 15 is 0 Å². The highest BCUT2D eigenvalue weighted by molar-refractivity contribution is 7.89. The molecule has 1 fully saturated rings. The lowest BCUT2D eigenvalue weighted by atomic mass is 9.86. The summed E-state index contributed by atoms with van der Waals surface area (Å²) in [6, 6.07) is 5.09. The molecule has 2 atom stereocenters. The average Bonchev–Trinajstić information content (AvgIpc) is 3.11. The Morgan fingerprint density at radius 3 is 2.41 bits per heavy atom. The highest BCUT2D eigenvalue weighted by Gasteiger charge is 2.28. The molecule has 1 amide bonds. The minimum absolute atomic E-state index is 0.158. The number of amides is 1. The van der Waals surface area contributed by atoms with Gasteiger partial charge in [-0.15, -0.1) is 0 Å². The number of rotatable bonds is 10. The van der Waals surface area contributed by atoms with Gasteiger partial charge in [-0.3, -0.25) is 4.79 Å². The second-order valence-corrected chi connectivity index (χ2v) is 11.1. The molecule has 1 aliphatic rings. The zero-order valence-electron chi connectivity index (χ0n) is 19.9. The van der Waals surface area contributed by atoms with E-state index in [1.807, 2.05) is 6.92 Å². The van der Waals surface area contributed by atoms with Crippen molar-refractivity contribution in [2.24, 2.45) is 5.92 Å². The summed E-state index contributed by atoms with van der Waals surface area (Å²) in [7, 11) is -3.60. The SMILES string of the molecule is CCCCN(CCCC)S(=O)(=O)c1ccc2oc(C(=O)NC3CCCCC3C)c(C)c2c1. The lowest BCUT2D eigenvalue weighted by Crippen LogP contribution is -2.41. The second kappa shape index (κ2) is 10.8. The summed E-state index contributed by atoms with van der Waals surface area (Å²) >= 11 is 0. The molecule has 0 bridgehead atoms. The van der Waals surface area contributed by atoms with Gasteiger partial charge in [-0.25, -0.2) is 8.42 Å². The Bertz CT molecular complexity index is 1020. The Labute approximate surface area is 192 Å². The number of fused-ring (bicyclic) bond motifs is 1. The Kier molecular flexibility index (Phi) is 8.39. The van der Waals surface area contributed by atoms with Crippen LogP contribution in [0.25, 0.3) is 11.0 Å². The third-order valence-corrected chi connectivity index (χ3v) is 8.60. The number of aryl methyl sites for hydroxylation is 1. The fourth-order valence-electron chi connectivity index (χ4n) is 4.51. The van der Waals surface area contributed by atoms with Gasteiger partial charge in [-0.2, -0.15) is 4.31 Å². The van der Waals surface area contributed by atoms with E-state index in [1.54, 1.807) is 22.5 Å². The van der Waals surface area contributed by atoms with Crippen LogP contribution in [0.5, 0.6) is 0 Å². The van der Waals surface area contributed by atoms with Gasteiger partial charge in [0.05, 0.1) is 4.90 Å². The maximum Gasteiger partial charge on any atom is 0.287 e. The summed E-state index contributed by atoms with van der Waals surface area (Å²) < 4.78 is 34.2. The first-order valence-electron chi connectivity index (χ1n) is 12.1. The average molecular weight is 463 g/mol.